The lowest BCUT2D eigenvalue weighted by molar-refractivity contribution is 0.0696. The fourth-order valence-corrected chi connectivity index (χ4v) is 5.32. The number of hydrogen-bond donors (Lipinski definition) is 2. The number of amides is 1. The van der Waals surface area contributed by atoms with E-state index < -0.39 is 5.97 Å². The first-order valence-electron chi connectivity index (χ1n) is 11.3. The van der Waals surface area contributed by atoms with Gasteiger partial charge < -0.3 is 10.4 Å². The summed E-state index contributed by atoms with van der Waals surface area (Å²) in [6.45, 7) is 4.09. The highest BCUT2D eigenvalue weighted by molar-refractivity contribution is 7.16. The number of carboxylic acids is 1. The Morgan fingerprint density at radius 3 is 2.39 bits per heavy atom. The Labute approximate surface area is 198 Å². The number of rotatable bonds is 5. The summed E-state index contributed by atoms with van der Waals surface area (Å²) in [4.78, 5) is 30.5. The van der Waals surface area contributed by atoms with Gasteiger partial charge in [0.1, 0.15) is 5.00 Å². The molecule has 0 aliphatic heterocycles. The van der Waals surface area contributed by atoms with Gasteiger partial charge in [0.25, 0.3) is 5.91 Å². The van der Waals surface area contributed by atoms with E-state index in [0.29, 0.717) is 10.6 Å². The maximum atomic E-state index is 13.4. The molecule has 6 heteroatoms. The summed E-state index contributed by atoms with van der Waals surface area (Å²) < 4.78 is 0. The first kappa shape index (κ1) is 22.9. The number of thiophene rings is 1. The molecular weight excluding hydrogens is 432 g/mol. The van der Waals surface area contributed by atoms with Gasteiger partial charge in [0.15, 0.2) is 0 Å². The van der Waals surface area contributed by atoms with Gasteiger partial charge >= 0.3 is 5.97 Å². The second kappa shape index (κ2) is 10.1. The van der Waals surface area contributed by atoms with Gasteiger partial charge in [-0.2, -0.15) is 0 Å². The van der Waals surface area contributed by atoms with Crippen molar-refractivity contribution in [1.82, 2.24) is 0 Å². The van der Waals surface area contributed by atoms with Crippen molar-refractivity contribution in [1.29, 1.82) is 0 Å². The molecule has 2 aromatic carbocycles. The van der Waals surface area contributed by atoms with Crippen LogP contribution in [-0.2, 0) is 12.8 Å². The highest BCUT2D eigenvalue weighted by Crippen LogP contribution is 2.39. The minimum atomic E-state index is -0.957. The molecule has 0 fully saturated rings. The Morgan fingerprint density at radius 1 is 0.970 bits per heavy atom. The molecule has 0 saturated heterocycles. The summed E-state index contributed by atoms with van der Waals surface area (Å²) in [5.41, 5.74) is 5.95. The van der Waals surface area contributed by atoms with Gasteiger partial charge in [-0.1, -0.05) is 31.0 Å². The average Bonchev–Trinajstić information content (AvgIpc) is 3.11. The third-order valence-electron chi connectivity index (χ3n) is 6.13. The first-order valence-corrected chi connectivity index (χ1v) is 12.1. The van der Waals surface area contributed by atoms with Crippen molar-refractivity contribution in [2.75, 3.05) is 5.32 Å². The number of nitrogens with zero attached hydrogens (tertiary/aromatic N) is 1. The molecule has 0 spiro atoms. The van der Waals surface area contributed by atoms with Crippen LogP contribution in [0.5, 0.6) is 0 Å². The van der Waals surface area contributed by atoms with Crippen LogP contribution in [0.2, 0.25) is 0 Å². The number of hydrogen-bond acceptors (Lipinski definition) is 4. The smallest absolute Gasteiger partial charge is 0.335 e. The Hall–Kier alpha value is -3.25. The maximum absolute atomic E-state index is 13.4. The van der Waals surface area contributed by atoms with Gasteiger partial charge in [0.2, 0.25) is 0 Å². The van der Waals surface area contributed by atoms with Gasteiger partial charge in [-0.15, -0.1) is 11.3 Å². The molecule has 0 atom stereocenters. The molecule has 1 heterocycles. The zero-order valence-electron chi connectivity index (χ0n) is 19.0. The van der Waals surface area contributed by atoms with E-state index in [1.165, 1.54) is 23.3 Å². The first-order chi connectivity index (χ1) is 15.9. The summed E-state index contributed by atoms with van der Waals surface area (Å²) in [6, 6.07) is 12.5. The Kier molecular flexibility index (Phi) is 7.04. The van der Waals surface area contributed by atoms with E-state index >= 15 is 0 Å². The number of carbonyl (C=O) groups is 2. The molecular formula is C27H28N2O3S. The van der Waals surface area contributed by atoms with Crippen molar-refractivity contribution < 1.29 is 14.7 Å². The molecule has 1 aliphatic rings. The van der Waals surface area contributed by atoms with Gasteiger partial charge in [-0.05, 0) is 86.1 Å². The third-order valence-corrected chi connectivity index (χ3v) is 7.33. The van der Waals surface area contributed by atoms with E-state index in [2.05, 4.69) is 12.2 Å². The van der Waals surface area contributed by atoms with E-state index in [1.54, 1.807) is 41.8 Å². The second-order valence-corrected chi connectivity index (χ2v) is 9.62. The standard InChI is InChI=1S/C27H28N2O3S/c1-17-9-14-21(15-18(17)2)29-25(30)24-22-7-5-3-4-6-8-23(22)33-26(24)28-16-19-10-12-20(13-11-19)27(31)32/h9-16H,3-8H2,1-2H3,(H,29,30)(H,31,32). The third kappa shape index (κ3) is 5.40. The highest BCUT2D eigenvalue weighted by atomic mass is 32.1. The van der Waals surface area contributed by atoms with E-state index in [0.717, 1.165) is 48.1 Å². The fraction of sp³-hybridized carbons (Fsp3) is 0.296. The lowest BCUT2D eigenvalue weighted by Crippen LogP contribution is -2.14. The molecule has 0 radical (unpaired) electrons. The summed E-state index contributed by atoms with van der Waals surface area (Å²) >= 11 is 1.60. The number of carbonyl (C=O) groups excluding carboxylic acids is 1. The van der Waals surface area contributed by atoms with E-state index in [4.69, 9.17) is 10.1 Å². The number of anilines is 1. The van der Waals surface area contributed by atoms with Crippen LogP contribution in [0.15, 0.2) is 47.5 Å². The van der Waals surface area contributed by atoms with Crippen molar-refractivity contribution >= 4 is 40.1 Å². The number of aromatic carboxylic acids is 1. The van der Waals surface area contributed by atoms with Gasteiger partial charge in [-0.25, -0.2) is 9.79 Å². The topological polar surface area (TPSA) is 78.8 Å². The molecule has 5 nitrogen and oxygen atoms in total. The highest BCUT2D eigenvalue weighted by Gasteiger charge is 2.24. The van der Waals surface area contributed by atoms with Crippen LogP contribution in [0.4, 0.5) is 10.7 Å². The number of aryl methyl sites for hydroxylation is 3. The summed E-state index contributed by atoms with van der Waals surface area (Å²) in [5, 5.41) is 12.9. The molecule has 0 saturated carbocycles. The minimum absolute atomic E-state index is 0.121. The van der Waals surface area contributed by atoms with Crippen molar-refractivity contribution in [2.24, 2.45) is 4.99 Å². The maximum Gasteiger partial charge on any atom is 0.335 e. The van der Waals surface area contributed by atoms with Crippen molar-refractivity contribution in [3.8, 4) is 0 Å². The van der Waals surface area contributed by atoms with Gasteiger partial charge in [-0.3, -0.25) is 4.79 Å². The second-order valence-electron chi connectivity index (χ2n) is 8.54. The zero-order chi connectivity index (χ0) is 23.4. The van der Waals surface area contributed by atoms with Crippen LogP contribution >= 0.6 is 11.3 Å². The number of aliphatic imine (C=N–C) groups is 1. The Balaban J connectivity index is 1.68. The lowest BCUT2D eigenvalue weighted by Gasteiger charge is -2.12. The van der Waals surface area contributed by atoms with Crippen LogP contribution < -0.4 is 5.32 Å². The molecule has 0 unspecified atom stereocenters. The van der Waals surface area contributed by atoms with Crippen LogP contribution in [-0.4, -0.2) is 23.2 Å². The van der Waals surface area contributed by atoms with Gasteiger partial charge in [0.05, 0.1) is 11.1 Å². The van der Waals surface area contributed by atoms with Gasteiger partial charge in [0, 0.05) is 16.8 Å². The lowest BCUT2D eigenvalue weighted by atomic mass is 9.96. The largest absolute Gasteiger partial charge is 0.478 e. The Morgan fingerprint density at radius 2 is 1.70 bits per heavy atom. The SMILES string of the molecule is Cc1ccc(NC(=O)c2c(N=Cc3ccc(C(=O)O)cc3)sc3c2CCCCCC3)cc1C. The minimum Gasteiger partial charge on any atom is -0.478 e. The quantitative estimate of drug-likeness (QED) is 0.415. The van der Waals surface area contributed by atoms with Crippen molar-refractivity contribution in [3.05, 3.63) is 80.7 Å². The molecule has 33 heavy (non-hydrogen) atoms. The molecule has 3 aromatic rings. The molecule has 170 valence electrons. The average molecular weight is 461 g/mol. The van der Waals surface area contributed by atoms with E-state index in [-0.39, 0.29) is 11.5 Å². The van der Waals surface area contributed by atoms with Crippen molar-refractivity contribution in [2.45, 2.75) is 52.4 Å². The predicted molar refractivity (Wildman–Crippen MR) is 135 cm³/mol. The van der Waals surface area contributed by atoms with E-state index in [1.807, 2.05) is 25.1 Å². The van der Waals surface area contributed by atoms with Crippen molar-refractivity contribution in [3.63, 3.8) is 0 Å². The molecule has 4 rings (SSSR count). The molecule has 1 aromatic heterocycles. The van der Waals surface area contributed by atoms with E-state index in [9.17, 15) is 9.59 Å². The monoisotopic (exact) mass is 460 g/mol. The molecule has 2 N–H and O–H groups in total. The number of nitrogens with one attached hydrogen (secondary N) is 1. The Bertz CT molecular complexity index is 1210. The number of benzene rings is 2. The number of fused-ring (bicyclic) bond motifs is 1. The summed E-state index contributed by atoms with van der Waals surface area (Å²) in [5.74, 6) is -1.08. The fourth-order valence-electron chi connectivity index (χ4n) is 4.09. The number of carboxylic acid groups (broad SMARTS) is 1. The van der Waals surface area contributed by atoms with Crippen LogP contribution in [0, 0.1) is 13.8 Å². The van der Waals surface area contributed by atoms with Crippen LogP contribution in [0.1, 0.15) is 73.5 Å². The molecule has 0 bridgehead atoms. The zero-order valence-corrected chi connectivity index (χ0v) is 19.8. The summed E-state index contributed by atoms with van der Waals surface area (Å²) in [6.07, 6.45) is 8.19. The predicted octanol–water partition coefficient (Wildman–Crippen LogP) is 6.73. The van der Waals surface area contributed by atoms with Crippen LogP contribution in [0.25, 0.3) is 0 Å². The molecule has 1 aliphatic carbocycles. The normalized spacial score (nSPS) is 13.9. The molecule has 1 amide bonds. The summed E-state index contributed by atoms with van der Waals surface area (Å²) in [7, 11) is 0. The van der Waals surface area contributed by atoms with Crippen LogP contribution in [0.3, 0.4) is 0 Å².